The van der Waals surface area contributed by atoms with Crippen molar-refractivity contribution in [1.82, 2.24) is 20.2 Å². The van der Waals surface area contributed by atoms with Crippen LogP contribution in [0, 0.1) is 5.92 Å². The molecule has 0 spiro atoms. The first kappa shape index (κ1) is 13.7. The SMILES string of the molecule is CNC(=O)C1CCN(Cc2cnc(NC)cn2)CC1. The lowest BCUT2D eigenvalue weighted by atomic mass is 9.96. The zero-order valence-corrected chi connectivity index (χ0v) is 11.5. The van der Waals surface area contributed by atoms with Gasteiger partial charge in [-0.3, -0.25) is 14.7 Å². The van der Waals surface area contributed by atoms with Crippen LogP contribution in [0.2, 0.25) is 0 Å². The summed E-state index contributed by atoms with van der Waals surface area (Å²) in [6.45, 7) is 2.68. The molecular formula is C13H21N5O. The van der Waals surface area contributed by atoms with Gasteiger partial charge in [0.1, 0.15) is 5.82 Å². The second-order valence-corrected chi connectivity index (χ2v) is 4.81. The third-order valence-corrected chi connectivity index (χ3v) is 3.55. The Kier molecular flexibility index (Phi) is 4.68. The fourth-order valence-corrected chi connectivity index (χ4v) is 2.35. The van der Waals surface area contributed by atoms with Gasteiger partial charge in [0.2, 0.25) is 5.91 Å². The quantitative estimate of drug-likeness (QED) is 0.826. The maximum atomic E-state index is 11.5. The van der Waals surface area contributed by atoms with E-state index in [1.807, 2.05) is 7.05 Å². The highest BCUT2D eigenvalue weighted by atomic mass is 16.1. The Morgan fingerprint density at radius 2 is 2.05 bits per heavy atom. The van der Waals surface area contributed by atoms with E-state index in [1.165, 1.54) is 0 Å². The molecule has 0 atom stereocenters. The predicted octanol–water partition coefficient (Wildman–Crippen LogP) is 0.476. The van der Waals surface area contributed by atoms with Crippen LogP contribution < -0.4 is 10.6 Å². The summed E-state index contributed by atoms with van der Waals surface area (Å²) in [5, 5.41) is 5.68. The topological polar surface area (TPSA) is 70.2 Å². The van der Waals surface area contributed by atoms with Crippen LogP contribution in [0.1, 0.15) is 18.5 Å². The van der Waals surface area contributed by atoms with Crippen LogP contribution in [-0.4, -0.2) is 48.0 Å². The fraction of sp³-hybridized carbons (Fsp3) is 0.615. The Morgan fingerprint density at radius 3 is 2.58 bits per heavy atom. The average Bonchev–Trinajstić information content (AvgIpc) is 2.48. The van der Waals surface area contributed by atoms with E-state index in [9.17, 15) is 4.79 Å². The maximum absolute atomic E-state index is 11.5. The minimum absolute atomic E-state index is 0.165. The number of hydrogen-bond donors (Lipinski definition) is 2. The molecular weight excluding hydrogens is 242 g/mol. The van der Waals surface area contributed by atoms with Crippen LogP contribution in [-0.2, 0) is 11.3 Å². The molecule has 0 unspecified atom stereocenters. The molecule has 1 saturated heterocycles. The number of nitrogens with one attached hydrogen (secondary N) is 2. The molecule has 0 radical (unpaired) electrons. The number of anilines is 1. The summed E-state index contributed by atoms with van der Waals surface area (Å²) >= 11 is 0. The Balaban J connectivity index is 1.83. The van der Waals surface area contributed by atoms with Crippen LogP contribution >= 0.6 is 0 Å². The monoisotopic (exact) mass is 263 g/mol. The lowest BCUT2D eigenvalue weighted by Gasteiger charge is -2.30. The van der Waals surface area contributed by atoms with Crippen molar-refractivity contribution in [2.24, 2.45) is 5.92 Å². The van der Waals surface area contributed by atoms with E-state index in [2.05, 4.69) is 25.5 Å². The Bertz CT molecular complexity index is 412. The Morgan fingerprint density at radius 1 is 1.32 bits per heavy atom. The highest BCUT2D eigenvalue weighted by Gasteiger charge is 2.24. The Hall–Kier alpha value is -1.69. The first-order chi connectivity index (χ1) is 9.22. The van der Waals surface area contributed by atoms with Gasteiger partial charge in [0, 0.05) is 26.6 Å². The molecule has 6 heteroatoms. The summed E-state index contributed by atoms with van der Waals surface area (Å²) in [5.74, 6) is 1.11. The molecule has 0 aromatic carbocycles. The number of aromatic nitrogens is 2. The molecule has 0 saturated carbocycles. The summed E-state index contributed by atoms with van der Waals surface area (Å²) in [6.07, 6.45) is 5.38. The largest absolute Gasteiger partial charge is 0.372 e. The number of nitrogens with zero attached hydrogens (tertiary/aromatic N) is 3. The fourth-order valence-electron chi connectivity index (χ4n) is 2.35. The molecule has 1 aromatic heterocycles. The van der Waals surface area contributed by atoms with E-state index < -0.39 is 0 Å². The van der Waals surface area contributed by atoms with Crippen molar-refractivity contribution in [1.29, 1.82) is 0 Å². The van der Waals surface area contributed by atoms with Crippen molar-refractivity contribution >= 4 is 11.7 Å². The zero-order valence-electron chi connectivity index (χ0n) is 11.5. The first-order valence-electron chi connectivity index (χ1n) is 6.65. The molecule has 1 aromatic rings. The van der Waals surface area contributed by atoms with E-state index >= 15 is 0 Å². The van der Waals surface area contributed by atoms with Gasteiger partial charge in [0.15, 0.2) is 0 Å². The van der Waals surface area contributed by atoms with E-state index in [4.69, 9.17) is 0 Å². The molecule has 6 nitrogen and oxygen atoms in total. The number of rotatable bonds is 4. The van der Waals surface area contributed by atoms with Gasteiger partial charge in [-0.1, -0.05) is 0 Å². The van der Waals surface area contributed by atoms with Gasteiger partial charge >= 0.3 is 0 Å². The first-order valence-corrected chi connectivity index (χ1v) is 6.65. The molecule has 19 heavy (non-hydrogen) atoms. The van der Waals surface area contributed by atoms with E-state index in [1.54, 1.807) is 19.4 Å². The molecule has 1 fully saturated rings. The van der Waals surface area contributed by atoms with Crippen molar-refractivity contribution in [3.8, 4) is 0 Å². The van der Waals surface area contributed by atoms with Crippen molar-refractivity contribution in [3.05, 3.63) is 18.1 Å². The second-order valence-electron chi connectivity index (χ2n) is 4.81. The number of carbonyl (C=O) groups is 1. The third kappa shape index (κ3) is 3.64. The highest BCUT2D eigenvalue weighted by molar-refractivity contribution is 5.78. The summed E-state index contributed by atoms with van der Waals surface area (Å²) < 4.78 is 0. The predicted molar refractivity (Wildman–Crippen MR) is 73.6 cm³/mol. The van der Waals surface area contributed by atoms with Crippen LogP contribution in [0.15, 0.2) is 12.4 Å². The maximum Gasteiger partial charge on any atom is 0.222 e. The number of amides is 1. The van der Waals surface area contributed by atoms with Gasteiger partial charge in [-0.15, -0.1) is 0 Å². The Labute approximate surface area is 113 Å². The van der Waals surface area contributed by atoms with Crippen molar-refractivity contribution in [2.75, 3.05) is 32.5 Å². The van der Waals surface area contributed by atoms with Gasteiger partial charge in [-0.25, -0.2) is 4.98 Å². The van der Waals surface area contributed by atoms with E-state index in [0.717, 1.165) is 44.0 Å². The normalized spacial score (nSPS) is 17.2. The lowest BCUT2D eigenvalue weighted by molar-refractivity contribution is -0.125. The van der Waals surface area contributed by atoms with E-state index in [0.29, 0.717) is 0 Å². The van der Waals surface area contributed by atoms with Crippen LogP contribution in [0.5, 0.6) is 0 Å². The summed E-state index contributed by atoms with van der Waals surface area (Å²) in [7, 11) is 3.53. The smallest absolute Gasteiger partial charge is 0.222 e. The van der Waals surface area contributed by atoms with Gasteiger partial charge in [-0.05, 0) is 25.9 Å². The molecule has 104 valence electrons. The third-order valence-electron chi connectivity index (χ3n) is 3.55. The molecule has 0 bridgehead atoms. The van der Waals surface area contributed by atoms with Crippen molar-refractivity contribution in [2.45, 2.75) is 19.4 Å². The number of hydrogen-bond acceptors (Lipinski definition) is 5. The summed E-state index contributed by atoms with van der Waals surface area (Å²) in [6, 6.07) is 0. The van der Waals surface area contributed by atoms with Gasteiger partial charge in [-0.2, -0.15) is 0 Å². The lowest BCUT2D eigenvalue weighted by Crippen LogP contribution is -2.39. The molecule has 2 heterocycles. The van der Waals surface area contributed by atoms with Crippen LogP contribution in [0.25, 0.3) is 0 Å². The number of carbonyl (C=O) groups excluding carboxylic acids is 1. The minimum Gasteiger partial charge on any atom is -0.372 e. The van der Waals surface area contributed by atoms with Gasteiger partial charge in [0.25, 0.3) is 0 Å². The number of likely N-dealkylation sites (tertiary alicyclic amines) is 1. The minimum atomic E-state index is 0.165. The molecule has 1 aliphatic rings. The standard InChI is InChI=1S/C13H21N5O/c1-14-12-8-16-11(7-17-12)9-18-5-3-10(4-6-18)13(19)15-2/h7-8,10H,3-6,9H2,1-2H3,(H,14,17)(H,15,19). The van der Waals surface area contributed by atoms with Crippen molar-refractivity contribution in [3.63, 3.8) is 0 Å². The van der Waals surface area contributed by atoms with Crippen LogP contribution in [0.4, 0.5) is 5.82 Å². The molecule has 0 aliphatic carbocycles. The summed E-state index contributed by atoms with van der Waals surface area (Å²) in [5.41, 5.74) is 0.970. The zero-order chi connectivity index (χ0) is 13.7. The van der Waals surface area contributed by atoms with Gasteiger partial charge in [0.05, 0.1) is 18.1 Å². The molecule has 2 N–H and O–H groups in total. The highest BCUT2D eigenvalue weighted by Crippen LogP contribution is 2.18. The summed E-state index contributed by atoms with van der Waals surface area (Å²) in [4.78, 5) is 22.5. The van der Waals surface area contributed by atoms with E-state index in [-0.39, 0.29) is 11.8 Å². The molecule has 1 aliphatic heterocycles. The van der Waals surface area contributed by atoms with Crippen molar-refractivity contribution < 1.29 is 4.79 Å². The average molecular weight is 263 g/mol. The molecule has 2 rings (SSSR count). The second kappa shape index (κ2) is 6.47. The van der Waals surface area contributed by atoms with Gasteiger partial charge < -0.3 is 10.6 Å². The molecule has 1 amide bonds. The number of piperidine rings is 1. The van der Waals surface area contributed by atoms with Crippen LogP contribution in [0.3, 0.4) is 0 Å².